The van der Waals surface area contributed by atoms with Crippen LogP contribution in [0.4, 0.5) is 0 Å². The van der Waals surface area contributed by atoms with Crippen molar-refractivity contribution in [2.75, 3.05) is 6.26 Å². The normalized spacial score (nSPS) is 10.2. The molecule has 13 heavy (non-hydrogen) atoms. The van der Waals surface area contributed by atoms with Gasteiger partial charge in [-0.15, -0.1) is 11.8 Å². The Balaban J connectivity index is 2.33. The highest BCUT2D eigenvalue weighted by atomic mass is 32.2. The molecule has 0 aliphatic carbocycles. The predicted molar refractivity (Wildman–Crippen MR) is 47.1 cm³/mol. The summed E-state index contributed by atoms with van der Waals surface area (Å²) in [6.07, 6.45) is 6.67. The Morgan fingerprint density at radius 2 is 1.92 bits per heavy atom. The number of rotatable bonds is 2. The second kappa shape index (κ2) is 3.53. The van der Waals surface area contributed by atoms with E-state index in [1.54, 1.807) is 24.2 Å². The quantitative estimate of drug-likeness (QED) is 0.670. The molecule has 2 aromatic heterocycles. The van der Waals surface area contributed by atoms with Gasteiger partial charge in [0.25, 0.3) is 0 Å². The number of thioether (sulfide) groups is 1. The van der Waals surface area contributed by atoms with Crippen LogP contribution in [0.5, 0.6) is 0 Å². The molecule has 0 amide bonds. The summed E-state index contributed by atoms with van der Waals surface area (Å²) in [5, 5.41) is 3.62. The van der Waals surface area contributed by atoms with Crippen molar-refractivity contribution in [3.05, 3.63) is 18.8 Å². The number of hydrogen-bond donors (Lipinski definition) is 0. The van der Waals surface area contributed by atoms with E-state index in [4.69, 9.17) is 0 Å². The third kappa shape index (κ3) is 1.67. The largest absolute Gasteiger partial charge is 0.342 e. The molecule has 0 saturated carbocycles. The lowest BCUT2D eigenvalue weighted by atomic mass is 10.5. The van der Waals surface area contributed by atoms with E-state index in [1.807, 2.05) is 6.26 Å². The minimum atomic E-state index is 0.410. The zero-order chi connectivity index (χ0) is 9.10. The third-order valence-electron chi connectivity index (χ3n) is 1.43. The highest BCUT2D eigenvalue weighted by Gasteiger charge is 2.05. The first-order chi connectivity index (χ1) is 6.40. The molecule has 0 unspecified atom stereocenters. The van der Waals surface area contributed by atoms with Crippen molar-refractivity contribution in [1.29, 1.82) is 0 Å². The molecule has 0 fully saturated rings. The van der Waals surface area contributed by atoms with E-state index in [0.717, 1.165) is 4.90 Å². The molecular formula is C7H6N4OS. The molecule has 2 heterocycles. The Hall–Kier alpha value is -1.43. The number of nitrogens with zero attached hydrogens (tertiary/aromatic N) is 4. The van der Waals surface area contributed by atoms with Crippen LogP contribution in [0.25, 0.3) is 11.6 Å². The first kappa shape index (κ1) is 8.18. The highest BCUT2D eigenvalue weighted by Crippen LogP contribution is 2.13. The molecular weight excluding hydrogens is 188 g/mol. The second-order valence-electron chi connectivity index (χ2n) is 2.20. The van der Waals surface area contributed by atoms with Crippen molar-refractivity contribution >= 4 is 11.8 Å². The molecule has 0 radical (unpaired) electrons. The molecule has 5 nitrogen and oxygen atoms in total. The molecule has 0 aliphatic heterocycles. The van der Waals surface area contributed by atoms with Crippen LogP contribution in [0.2, 0.25) is 0 Å². The molecule has 0 saturated heterocycles. The van der Waals surface area contributed by atoms with Gasteiger partial charge in [-0.05, 0) is 6.26 Å². The van der Waals surface area contributed by atoms with E-state index in [0.29, 0.717) is 11.6 Å². The molecule has 2 rings (SSSR count). The van der Waals surface area contributed by atoms with E-state index >= 15 is 0 Å². The molecule has 6 heteroatoms. The Morgan fingerprint density at radius 1 is 1.15 bits per heavy atom. The van der Waals surface area contributed by atoms with Crippen LogP contribution in [-0.2, 0) is 0 Å². The zero-order valence-corrected chi connectivity index (χ0v) is 7.65. The summed E-state index contributed by atoms with van der Waals surface area (Å²) >= 11 is 1.59. The molecule has 66 valence electrons. The number of hydrogen-bond acceptors (Lipinski definition) is 6. The van der Waals surface area contributed by atoms with Gasteiger partial charge in [0, 0.05) is 17.3 Å². The molecule has 0 bridgehead atoms. The molecule has 0 aromatic carbocycles. The highest BCUT2D eigenvalue weighted by molar-refractivity contribution is 7.98. The summed E-state index contributed by atoms with van der Waals surface area (Å²) in [6, 6.07) is 0. The zero-order valence-electron chi connectivity index (χ0n) is 6.84. The summed E-state index contributed by atoms with van der Waals surface area (Å²) in [5.74, 6) is 0.888. The van der Waals surface area contributed by atoms with Gasteiger partial charge in [0.15, 0.2) is 0 Å². The summed E-state index contributed by atoms with van der Waals surface area (Å²) in [6.45, 7) is 0. The lowest BCUT2D eigenvalue weighted by Crippen LogP contribution is -1.89. The Kier molecular flexibility index (Phi) is 2.22. The molecule has 0 spiro atoms. The fourth-order valence-electron chi connectivity index (χ4n) is 0.806. The van der Waals surface area contributed by atoms with Crippen molar-refractivity contribution < 1.29 is 4.52 Å². The lowest BCUT2D eigenvalue weighted by molar-refractivity contribution is 0.418. The van der Waals surface area contributed by atoms with Crippen molar-refractivity contribution in [2.45, 2.75) is 4.90 Å². The molecule has 0 aliphatic rings. The van der Waals surface area contributed by atoms with Gasteiger partial charge in [-0.25, -0.2) is 9.97 Å². The summed E-state index contributed by atoms with van der Waals surface area (Å²) in [7, 11) is 0. The lowest BCUT2D eigenvalue weighted by Gasteiger charge is -1.94. The van der Waals surface area contributed by atoms with Crippen LogP contribution in [0.3, 0.4) is 0 Å². The van der Waals surface area contributed by atoms with E-state index in [-0.39, 0.29) is 0 Å². The van der Waals surface area contributed by atoms with Crippen molar-refractivity contribution in [3.63, 3.8) is 0 Å². The van der Waals surface area contributed by atoms with Gasteiger partial charge >= 0.3 is 0 Å². The monoisotopic (exact) mass is 194 g/mol. The average Bonchev–Trinajstić information content (AvgIpc) is 2.71. The van der Waals surface area contributed by atoms with E-state index in [9.17, 15) is 0 Å². The SMILES string of the molecule is CSc1cnc(-c2ncon2)nc1. The summed E-state index contributed by atoms with van der Waals surface area (Å²) < 4.78 is 4.58. The van der Waals surface area contributed by atoms with Gasteiger partial charge < -0.3 is 4.52 Å². The molecule has 2 aromatic rings. The van der Waals surface area contributed by atoms with Gasteiger partial charge in [0.1, 0.15) is 0 Å². The van der Waals surface area contributed by atoms with E-state index in [1.165, 1.54) is 6.39 Å². The maximum Gasteiger partial charge on any atom is 0.239 e. The summed E-state index contributed by atoms with van der Waals surface area (Å²) in [5.41, 5.74) is 0. The van der Waals surface area contributed by atoms with E-state index < -0.39 is 0 Å². The minimum Gasteiger partial charge on any atom is -0.342 e. The van der Waals surface area contributed by atoms with E-state index in [2.05, 4.69) is 24.6 Å². The van der Waals surface area contributed by atoms with Crippen molar-refractivity contribution in [1.82, 2.24) is 20.1 Å². The topological polar surface area (TPSA) is 64.7 Å². The summed E-state index contributed by atoms with van der Waals surface area (Å²) in [4.78, 5) is 13.0. The van der Waals surface area contributed by atoms with Crippen molar-refractivity contribution in [3.8, 4) is 11.6 Å². The van der Waals surface area contributed by atoms with Crippen LogP contribution in [0.1, 0.15) is 0 Å². The molecule has 0 N–H and O–H groups in total. The van der Waals surface area contributed by atoms with Gasteiger partial charge in [-0.2, -0.15) is 4.98 Å². The average molecular weight is 194 g/mol. The Morgan fingerprint density at radius 3 is 2.46 bits per heavy atom. The maximum absolute atomic E-state index is 4.58. The van der Waals surface area contributed by atoms with Gasteiger partial charge in [0.05, 0.1) is 0 Å². The maximum atomic E-state index is 4.58. The van der Waals surface area contributed by atoms with Crippen LogP contribution in [0.15, 0.2) is 28.2 Å². The second-order valence-corrected chi connectivity index (χ2v) is 3.08. The smallest absolute Gasteiger partial charge is 0.239 e. The van der Waals surface area contributed by atoms with Crippen LogP contribution in [0, 0.1) is 0 Å². The van der Waals surface area contributed by atoms with Crippen LogP contribution >= 0.6 is 11.8 Å². The van der Waals surface area contributed by atoms with Gasteiger partial charge in [0.2, 0.25) is 18.0 Å². The number of aromatic nitrogens is 4. The fourth-order valence-corrected chi connectivity index (χ4v) is 1.12. The van der Waals surface area contributed by atoms with Crippen molar-refractivity contribution in [2.24, 2.45) is 0 Å². The predicted octanol–water partition coefficient (Wildman–Crippen LogP) is 1.25. The Bertz CT molecular complexity index is 372. The minimum absolute atomic E-state index is 0.410. The first-order valence-electron chi connectivity index (χ1n) is 3.53. The molecule has 0 atom stereocenters. The van der Waals surface area contributed by atoms with Gasteiger partial charge in [-0.1, -0.05) is 5.16 Å². The Labute approximate surface area is 78.6 Å². The van der Waals surface area contributed by atoms with Gasteiger partial charge in [-0.3, -0.25) is 0 Å². The first-order valence-corrected chi connectivity index (χ1v) is 4.75. The standard InChI is InChI=1S/C7H6N4OS/c1-13-5-2-8-6(9-3-5)7-10-4-12-11-7/h2-4H,1H3. The fraction of sp³-hybridized carbons (Fsp3) is 0.143. The van der Waals surface area contributed by atoms with Crippen LogP contribution in [-0.4, -0.2) is 26.4 Å². The van der Waals surface area contributed by atoms with Crippen LogP contribution < -0.4 is 0 Å². The third-order valence-corrected chi connectivity index (χ3v) is 2.11.